The normalized spacial score (nSPS) is 26.0. The molecule has 0 aromatic rings. The van der Waals surface area contributed by atoms with Crippen molar-refractivity contribution < 1.29 is 28.5 Å². The maximum atomic E-state index is 11.1. The summed E-state index contributed by atoms with van der Waals surface area (Å²) >= 11 is 0. The van der Waals surface area contributed by atoms with Gasteiger partial charge in [0.2, 0.25) is 0 Å². The minimum Gasteiger partial charge on any atom is -0.463 e. The van der Waals surface area contributed by atoms with E-state index in [0.29, 0.717) is 0 Å². The van der Waals surface area contributed by atoms with Crippen molar-refractivity contribution in [2.75, 3.05) is 13.7 Å². The Morgan fingerprint density at radius 2 is 2.11 bits per heavy atom. The predicted octanol–water partition coefficient (Wildman–Crippen LogP) is 0.302. The van der Waals surface area contributed by atoms with Crippen LogP contribution in [0.25, 0.3) is 0 Å². The fourth-order valence-corrected chi connectivity index (χ4v) is 1.59. The third-order valence-electron chi connectivity index (χ3n) is 2.37. The first-order valence-corrected chi connectivity index (χ1v) is 5.58. The molecule has 0 amide bonds. The molecule has 0 aliphatic carbocycles. The Balaban J connectivity index is 2.90. The Labute approximate surface area is 110 Å². The van der Waals surface area contributed by atoms with Gasteiger partial charge in [-0.2, -0.15) is 5.26 Å². The van der Waals surface area contributed by atoms with E-state index in [0.717, 1.165) is 0 Å². The summed E-state index contributed by atoms with van der Waals surface area (Å²) < 4.78 is 20.3. The van der Waals surface area contributed by atoms with E-state index in [1.165, 1.54) is 27.0 Å². The first kappa shape index (κ1) is 15.1. The highest BCUT2D eigenvalue weighted by atomic mass is 16.7. The maximum absolute atomic E-state index is 11.1. The van der Waals surface area contributed by atoms with E-state index in [4.69, 9.17) is 24.2 Å². The molecule has 7 nitrogen and oxygen atoms in total. The summed E-state index contributed by atoms with van der Waals surface area (Å²) in [7, 11) is 1.41. The fraction of sp³-hybridized carbons (Fsp3) is 0.583. The molecule has 7 heteroatoms. The maximum Gasteiger partial charge on any atom is 0.303 e. The van der Waals surface area contributed by atoms with Crippen LogP contribution in [0.5, 0.6) is 0 Å². The number of hydrogen-bond donors (Lipinski definition) is 0. The van der Waals surface area contributed by atoms with E-state index in [9.17, 15) is 9.59 Å². The second kappa shape index (κ2) is 6.87. The molecule has 3 atom stereocenters. The number of carbonyl (C=O) groups is 2. The average molecular weight is 269 g/mol. The summed E-state index contributed by atoms with van der Waals surface area (Å²) in [6, 6.07) is 1.92. The molecule has 0 unspecified atom stereocenters. The zero-order valence-corrected chi connectivity index (χ0v) is 10.9. The standard InChI is InChI=1S/C12H15NO6/c1-7(14)17-6-10-12(18-8(2)15)9(5-13)4-11(16-3)19-10/h4,10-12H,6H2,1-3H3/t10-,11+,12+/m1/s1. The lowest BCUT2D eigenvalue weighted by Crippen LogP contribution is -2.44. The van der Waals surface area contributed by atoms with Crippen LogP contribution in [0.4, 0.5) is 0 Å². The summed E-state index contributed by atoms with van der Waals surface area (Å²) in [5, 5.41) is 9.05. The van der Waals surface area contributed by atoms with Crippen molar-refractivity contribution in [3.63, 3.8) is 0 Å². The third-order valence-corrected chi connectivity index (χ3v) is 2.37. The molecule has 1 heterocycles. The van der Waals surface area contributed by atoms with Gasteiger partial charge < -0.3 is 18.9 Å². The Bertz CT molecular complexity index is 424. The number of hydrogen-bond acceptors (Lipinski definition) is 7. The molecular formula is C12H15NO6. The van der Waals surface area contributed by atoms with E-state index in [2.05, 4.69) is 0 Å². The third kappa shape index (κ3) is 4.35. The summed E-state index contributed by atoms with van der Waals surface area (Å²) in [6.45, 7) is 2.34. The molecule has 0 radical (unpaired) electrons. The van der Waals surface area contributed by atoms with Gasteiger partial charge in [-0.25, -0.2) is 0 Å². The zero-order chi connectivity index (χ0) is 14.4. The van der Waals surface area contributed by atoms with Gasteiger partial charge in [-0.05, 0) is 6.08 Å². The van der Waals surface area contributed by atoms with Gasteiger partial charge >= 0.3 is 11.9 Å². The molecule has 0 spiro atoms. The predicted molar refractivity (Wildman–Crippen MR) is 61.6 cm³/mol. The second-order valence-corrected chi connectivity index (χ2v) is 3.85. The van der Waals surface area contributed by atoms with Crippen molar-refractivity contribution in [3.8, 4) is 6.07 Å². The van der Waals surface area contributed by atoms with E-state index >= 15 is 0 Å². The van der Waals surface area contributed by atoms with Gasteiger partial charge in [0, 0.05) is 21.0 Å². The molecule has 0 saturated carbocycles. The summed E-state index contributed by atoms with van der Waals surface area (Å²) in [6.07, 6.45) is -1.02. The lowest BCUT2D eigenvalue weighted by Gasteiger charge is -2.32. The highest BCUT2D eigenvalue weighted by Gasteiger charge is 2.36. The summed E-state index contributed by atoms with van der Waals surface area (Å²) in [5.74, 6) is -1.05. The first-order chi connectivity index (χ1) is 8.97. The number of esters is 2. The molecule has 0 fully saturated rings. The van der Waals surface area contributed by atoms with Gasteiger partial charge in [-0.3, -0.25) is 9.59 Å². The number of rotatable bonds is 4. The monoisotopic (exact) mass is 269 g/mol. The number of nitrogens with zero attached hydrogens (tertiary/aromatic N) is 1. The Hall–Kier alpha value is -1.91. The van der Waals surface area contributed by atoms with E-state index < -0.39 is 30.4 Å². The molecule has 0 saturated heterocycles. The minimum atomic E-state index is -0.909. The van der Waals surface area contributed by atoms with Crippen LogP contribution in [0.1, 0.15) is 13.8 Å². The van der Waals surface area contributed by atoms with Gasteiger partial charge in [-0.15, -0.1) is 0 Å². The smallest absolute Gasteiger partial charge is 0.303 e. The van der Waals surface area contributed by atoms with Crippen molar-refractivity contribution in [2.24, 2.45) is 0 Å². The molecule has 1 rings (SSSR count). The molecule has 19 heavy (non-hydrogen) atoms. The molecule has 1 aliphatic heterocycles. The second-order valence-electron chi connectivity index (χ2n) is 3.85. The van der Waals surface area contributed by atoms with E-state index in [-0.39, 0.29) is 12.2 Å². The van der Waals surface area contributed by atoms with Crippen LogP contribution in [0.3, 0.4) is 0 Å². The Morgan fingerprint density at radius 3 is 2.58 bits per heavy atom. The topological polar surface area (TPSA) is 94.9 Å². The van der Waals surface area contributed by atoms with Crippen LogP contribution >= 0.6 is 0 Å². The summed E-state index contributed by atoms with van der Waals surface area (Å²) in [5.41, 5.74) is 0.199. The molecule has 1 aliphatic rings. The highest BCUT2D eigenvalue weighted by Crippen LogP contribution is 2.23. The number of methoxy groups -OCH3 is 1. The lowest BCUT2D eigenvalue weighted by atomic mass is 10.0. The van der Waals surface area contributed by atoms with Crippen LogP contribution in [0, 0.1) is 11.3 Å². The fourth-order valence-electron chi connectivity index (χ4n) is 1.59. The zero-order valence-electron chi connectivity index (χ0n) is 10.9. The van der Waals surface area contributed by atoms with Crippen molar-refractivity contribution in [2.45, 2.75) is 32.3 Å². The van der Waals surface area contributed by atoms with Crippen LogP contribution < -0.4 is 0 Å². The SMILES string of the molecule is CO[C@@H]1C=C(C#N)[C@H](OC(C)=O)[C@@H](COC(C)=O)O1. The Kier molecular flexibility index (Phi) is 5.48. The highest BCUT2D eigenvalue weighted by molar-refractivity contribution is 5.67. The van der Waals surface area contributed by atoms with Crippen molar-refractivity contribution >= 4 is 11.9 Å². The minimum absolute atomic E-state index is 0.133. The van der Waals surface area contributed by atoms with Gasteiger partial charge in [0.05, 0.1) is 11.6 Å². The molecular weight excluding hydrogens is 254 g/mol. The van der Waals surface area contributed by atoms with E-state index in [1.54, 1.807) is 0 Å². The van der Waals surface area contributed by atoms with Gasteiger partial charge in [0.15, 0.2) is 12.4 Å². The van der Waals surface area contributed by atoms with E-state index in [1.807, 2.05) is 6.07 Å². The molecule has 104 valence electrons. The number of ether oxygens (including phenoxy) is 4. The van der Waals surface area contributed by atoms with Crippen LogP contribution in [-0.2, 0) is 28.5 Å². The van der Waals surface area contributed by atoms with Gasteiger partial charge in [0.1, 0.15) is 12.7 Å². The molecule has 0 N–H and O–H groups in total. The van der Waals surface area contributed by atoms with Crippen molar-refractivity contribution in [1.29, 1.82) is 5.26 Å². The van der Waals surface area contributed by atoms with Crippen molar-refractivity contribution in [1.82, 2.24) is 0 Å². The number of nitriles is 1. The Morgan fingerprint density at radius 1 is 1.42 bits per heavy atom. The van der Waals surface area contributed by atoms with Gasteiger partial charge in [0.25, 0.3) is 0 Å². The molecule has 0 bridgehead atoms. The van der Waals surface area contributed by atoms with Crippen LogP contribution in [0.2, 0.25) is 0 Å². The summed E-state index contributed by atoms with van der Waals surface area (Å²) in [4.78, 5) is 21.9. The molecule has 0 aromatic carbocycles. The largest absolute Gasteiger partial charge is 0.463 e. The van der Waals surface area contributed by atoms with Crippen LogP contribution in [-0.4, -0.2) is 44.2 Å². The van der Waals surface area contributed by atoms with Crippen LogP contribution in [0.15, 0.2) is 11.6 Å². The van der Waals surface area contributed by atoms with Gasteiger partial charge in [-0.1, -0.05) is 0 Å². The lowest BCUT2D eigenvalue weighted by molar-refractivity contribution is -0.191. The average Bonchev–Trinajstić information content (AvgIpc) is 2.36. The number of carbonyl (C=O) groups excluding carboxylic acids is 2. The van der Waals surface area contributed by atoms with Crippen molar-refractivity contribution in [3.05, 3.63) is 11.6 Å². The first-order valence-electron chi connectivity index (χ1n) is 5.58. The quantitative estimate of drug-likeness (QED) is 0.677. The molecule has 0 aromatic heterocycles.